The molecule has 3 aromatic rings. The van der Waals surface area contributed by atoms with Crippen molar-refractivity contribution in [3.05, 3.63) is 66.0 Å². The SMILES string of the molecule is CCN(C(=O)CSc1nnc(COc2ccc(C(C)(C)C)cc2)n1N)c1ccccc1. The lowest BCUT2D eigenvalue weighted by Crippen LogP contribution is -2.32. The van der Waals surface area contributed by atoms with Crippen LogP contribution in [-0.4, -0.2) is 33.1 Å². The summed E-state index contributed by atoms with van der Waals surface area (Å²) in [6, 6.07) is 17.6. The Balaban J connectivity index is 1.57. The zero-order valence-electron chi connectivity index (χ0n) is 18.4. The number of benzene rings is 2. The van der Waals surface area contributed by atoms with Gasteiger partial charge < -0.3 is 15.5 Å². The molecule has 1 heterocycles. The molecule has 0 bridgehead atoms. The zero-order chi connectivity index (χ0) is 22.4. The smallest absolute Gasteiger partial charge is 0.237 e. The van der Waals surface area contributed by atoms with Gasteiger partial charge in [-0.25, -0.2) is 4.68 Å². The van der Waals surface area contributed by atoms with E-state index in [-0.39, 0.29) is 23.7 Å². The second-order valence-electron chi connectivity index (χ2n) is 8.09. The molecule has 3 rings (SSSR count). The fraction of sp³-hybridized carbons (Fsp3) is 0.348. The summed E-state index contributed by atoms with van der Waals surface area (Å²) >= 11 is 1.26. The zero-order valence-corrected chi connectivity index (χ0v) is 19.2. The molecule has 0 saturated carbocycles. The van der Waals surface area contributed by atoms with E-state index in [9.17, 15) is 4.79 Å². The van der Waals surface area contributed by atoms with Crippen LogP contribution >= 0.6 is 11.8 Å². The van der Waals surface area contributed by atoms with Crippen LogP contribution in [0, 0.1) is 0 Å². The highest BCUT2D eigenvalue weighted by molar-refractivity contribution is 7.99. The van der Waals surface area contributed by atoms with Crippen molar-refractivity contribution in [2.24, 2.45) is 0 Å². The van der Waals surface area contributed by atoms with Crippen LogP contribution in [0.25, 0.3) is 0 Å². The molecule has 0 aliphatic rings. The maximum absolute atomic E-state index is 12.7. The number of nitrogens with zero attached hydrogens (tertiary/aromatic N) is 4. The fourth-order valence-electron chi connectivity index (χ4n) is 3.02. The summed E-state index contributed by atoms with van der Waals surface area (Å²) in [6.07, 6.45) is 0. The summed E-state index contributed by atoms with van der Waals surface area (Å²) in [5.41, 5.74) is 2.20. The van der Waals surface area contributed by atoms with E-state index in [0.29, 0.717) is 17.5 Å². The normalized spacial score (nSPS) is 11.4. The van der Waals surface area contributed by atoms with Crippen LogP contribution in [0.2, 0.25) is 0 Å². The molecule has 0 radical (unpaired) electrons. The first-order valence-electron chi connectivity index (χ1n) is 10.2. The predicted molar refractivity (Wildman–Crippen MR) is 125 cm³/mol. The molecule has 0 aliphatic carbocycles. The number of hydrogen-bond acceptors (Lipinski definition) is 6. The van der Waals surface area contributed by atoms with Gasteiger partial charge in [-0.3, -0.25) is 4.79 Å². The number of carbonyl (C=O) groups excluding carboxylic acids is 1. The van der Waals surface area contributed by atoms with E-state index < -0.39 is 0 Å². The summed E-state index contributed by atoms with van der Waals surface area (Å²) in [6.45, 7) is 9.24. The Kier molecular flexibility index (Phi) is 7.22. The van der Waals surface area contributed by atoms with Crippen molar-refractivity contribution in [2.45, 2.75) is 44.9 Å². The first kappa shape index (κ1) is 22.7. The number of rotatable bonds is 8. The summed E-state index contributed by atoms with van der Waals surface area (Å²) in [4.78, 5) is 14.4. The molecule has 0 spiro atoms. The Labute approximate surface area is 187 Å². The topological polar surface area (TPSA) is 86.3 Å². The lowest BCUT2D eigenvalue weighted by Gasteiger charge is -2.20. The van der Waals surface area contributed by atoms with Gasteiger partial charge in [0.1, 0.15) is 12.4 Å². The number of hydrogen-bond donors (Lipinski definition) is 1. The van der Waals surface area contributed by atoms with Crippen molar-refractivity contribution in [2.75, 3.05) is 23.0 Å². The van der Waals surface area contributed by atoms with Crippen LogP contribution in [0.15, 0.2) is 59.8 Å². The van der Waals surface area contributed by atoms with Crippen molar-refractivity contribution < 1.29 is 9.53 Å². The van der Waals surface area contributed by atoms with E-state index >= 15 is 0 Å². The maximum atomic E-state index is 12.7. The molecule has 2 N–H and O–H groups in total. The lowest BCUT2D eigenvalue weighted by atomic mass is 9.87. The standard InChI is InChI=1S/C23H29N5O2S/c1-5-27(18-9-7-6-8-10-18)21(29)16-31-22-26-25-20(28(22)24)15-30-19-13-11-17(12-14-19)23(2,3)4/h6-14H,5,15-16,24H2,1-4H3. The van der Waals surface area contributed by atoms with Crippen molar-refractivity contribution in [3.8, 4) is 5.75 Å². The average molecular weight is 440 g/mol. The van der Waals surface area contributed by atoms with E-state index in [1.807, 2.05) is 49.4 Å². The molecular formula is C23H29N5O2S. The highest BCUT2D eigenvalue weighted by Gasteiger charge is 2.18. The number of nitrogen functional groups attached to an aromatic ring is 1. The van der Waals surface area contributed by atoms with Crippen LogP contribution in [0.5, 0.6) is 5.75 Å². The minimum absolute atomic E-state index is 0.0153. The van der Waals surface area contributed by atoms with E-state index in [1.165, 1.54) is 22.0 Å². The van der Waals surface area contributed by atoms with E-state index in [4.69, 9.17) is 10.6 Å². The van der Waals surface area contributed by atoms with Crippen molar-refractivity contribution in [1.82, 2.24) is 14.9 Å². The first-order valence-corrected chi connectivity index (χ1v) is 11.2. The van der Waals surface area contributed by atoms with Gasteiger partial charge >= 0.3 is 0 Å². The van der Waals surface area contributed by atoms with Crippen LogP contribution in [0.1, 0.15) is 39.1 Å². The number of nitrogens with two attached hydrogens (primary N) is 1. The molecule has 0 aliphatic heterocycles. The number of carbonyl (C=O) groups is 1. The predicted octanol–water partition coefficient (Wildman–Crippen LogP) is 4.01. The van der Waals surface area contributed by atoms with E-state index in [2.05, 4.69) is 43.1 Å². The third-order valence-corrected chi connectivity index (χ3v) is 5.76. The Hall–Kier alpha value is -3.00. The summed E-state index contributed by atoms with van der Waals surface area (Å²) < 4.78 is 7.18. The summed E-state index contributed by atoms with van der Waals surface area (Å²) in [5, 5.41) is 8.68. The number of thioether (sulfide) groups is 1. The minimum atomic E-state index is -0.0153. The number of ether oxygens (including phenoxy) is 1. The number of aromatic nitrogens is 3. The van der Waals surface area contributed by atoms with Gasteiger partial charge in [0.05, 0.1) is 5.75 Å². The molecule has 0 unspecified atom stereocenters. The third kappa shape index (κ3) is 5.79. The van der Waals surface area contributed by atoms with Crippen LogP contribution in [-0.2, 0) is 16.8 Å². The average Bonchev–Trinajstić information content (AvgIpc) is 3.11. The Morgan fingerprint density at radius 1 is 1.10 bits per heavy atom. The fourth-order valence-corrected chi connectivity index (χ4v) is 3.77. The molecular weight excluding hydrogens is 410 g/mol. The molecule has 164 valence electrons. The van der Waals surface area contributed by atoms with Gasteiger partial charge in [0, 0.05) is 12.2 Å². The quantitative estimate of drug-likeness (QED) is 0.421. The third-order valence-electron chi connectivity index (χ3n) is 4.83. The van der Waals surface area contributed by atoms with E-state index in [0.717, 1.165) is 11.4 Å². The molecule has 8 heteroatoms. The second kappa shape index (κ2) is 9.87. The molecule has 0 fully saturated rings. The lowest BCUT2D eigenvalue weighted by molar-refractivity contribution is -0.116. The monoisotopic (exact) mass is 439 g/mol. The van der Waals surface area contributed by atoms with Gasteiger partial charge in [0.25, 0.3) is 0 Å². The van der Waals surface area contributed by atoms with Crippen LogP contribution < -0.4 is 15.5 Å². The van der Waals surface area contributed by atoms with Crippen LogP contribution in [0.3, 0.4) is 0 Å². The minimum Gasteiger partial charge on any atom is -0.486 e. The molecule has 0 atom stereocenters. The summed E-state index contributed by atoms with van der Waals surface area (Å²) in [7, 11) is 0. The molecule has 1 aromatic heterocycles. The van der Waals surface area contributed by atoms with Gasteiger partial charge in [-0.1, -0.05) is 62.9 Å². The summed E-state index contributed by atoms with van der Waals surface area (Å²) in [5.74, 6) is 7.55. The first-order chi connectivity index (χ1) is 14.8. The number of amides is 1. The van der Waals surface area contributed by atoms with Crippen molar-refractivity contribution >= 4 is 23.4 Å². The Bertz CT molecular complexity index is 997. The van der Waals surface area contributed by atoms with Gasteiger partial charge in [-0.15, -0.1) is 10.2 Å². The molecule has 7 nitrogen and oxygen atoms in total. The van der Waals surface area contributed by atoms with Gasteiger partial charge in [-0.2, -0.15) is 0 Å². The van der Waals surface area contributed by atoms with Crippen molar-refractivity contribution in [3.63, 3.8) is 0 Å². The largest absolute Gasteiger partial charge is 0.486 e. The molecule has 0 saturated heterocycles. The molecule has 1 amide bonds. The van der Waals surface area contributed by atoms with Crippen LogP contribution in [0.4, 0.5) is 5.69 Å². The highest BCUT2D eigenvalue weighted by atomic mass is 32.2. The van der Waals surface area contributed by atoms with Gasteiger partial charge in [-0.05, 0) is 42.2 Å². The second-order valence-corrected chi connectivity index (χ2v) is 9.04. The molecule has 31 heavy (non-hydrogen) atoms. The van der Waals surface area contributed by atoms with Gasteiger partial charge in [0.15, 0.2) is 5.82 Å². The van der Waals surface area contributed by atoms with E-state index in [1.54, 1.807) is 4.90 Å². The van der Waals surface area contributed by atoms with Gasteiger partial charge in [0.2, 0.25) is 11.1 Å². The maximum Gasteiger partial charge on any atom is 0.237 e. The Morgan fingerprint density at radius 2 is 1.77 bits per heavy atom. The van der Waals surface area contributed by atoms with Crippen molar-refractivity contribution in [1.29, 1.82) is 0 Å². The number of anilines is 1. The highest BCUT2D eigenvalue weighted by Crippen LogP contribution is 2.25. The Morgan fingerprint density at radius 3 is 2.39 bits per heavy atom. The molecule has 2 aromatic carbocycles. The number of para-hydroxylation sites is 1.